The fourth-order valence-electron chi connectivity index (χ4n) is 2.11. The van der Waals surface area contributed by atoms with Crippen molar-refractivity contribution in [3.63, 3.8) is 0 Å². The first-order valence-corrected chi connectivity index (χ1v) is 6.24. The van der Waals surface area contributed by atoms with Crippen LogP contribution in [0.15, 0.2) is 29.3 Å². The first-order valence-electron chi connectivity index (χ1n) is 6.24. The molecular formula is C15H19NO. The molecule has 2 nitrogen and oxygen atoms in total. The molecule has 0 spiro atoms. The van der Waals surface area contributed by atoms with Gasteiger partial charge in [0.1, 0.15) is 0 Å². The van der Waals surface area contributed by atoms with E-state index in [2.05, 4.69) is 50.0 Å². The summed E-state index contributed by atoms with van der Waals surface area (Å²) in [6.45, 7) is 6.70. The average Bonchev–Trinajstić information content (AvgIpc) is 3.11. The molecular weight excluding hydrogens is 210 g/mol. The molecule has 0 unspecified atom stereocenters. The van der Waals surface area contributed by atoms with Crippen LogP contribution in [0.4, 0.5) is 0 Å². The molecule has 2 heteroatoms. The van der Waals surface area contributed by atoms with Gasteiger partial charge in [0.15, 0.2) is 0 Å². The van der Waals surface area contributed by atoms with E-state index >= 15 is 0 Å². The van der Waals surface area contributed by atoms with Crippen molar-refractivity contribution in [1.82, 2.24) is 0 Å². The largest absolute Gasteiger partial charge is 0.235 e. The maximum atomic E-state index is 10.4. The van der Waals surface area contributed by atoms with E-state index in [1.165, 1.54) is 5.56 Å². The highest BCUT2D eigenvalue weighted by Gasteiger charge is 2.44. The molecule has 1 fully saturated rings. The number of hydrogen-bond acceptors (Lipinski definition) is 2. The van der Waals surface area contributed by atoms with Crippen LogP contribution >= 0.6 is 0 Å². The smallest absolute Gasteiger partial charge is 0.211 e. The van der Waals surface area contributed by atoms with Gasteiger partial charge in [-0.2, -0.15) is 4.99 Å². The highest BCUT2D eigenvalue weighted by Crippen LogP contribution is 2.49. The number of isocyanates is 1. The SMILES string of the molecule is CCC(C)(C)c1ccc(C2(N=C=O)CC2)cc1. The van der Waals surface area contributed by atoms with Gasteiger partial charge in [-0.1, -0.05) is 45.0 Å². The van der Waals surface area contributed by atoms with Crippen LogP contribution in [0.1, 0.15) is 51.2 Å². The Balaban J connectivity index is 2.28. The molecule has 0 bridgehead atoms. The van der Waals surface area contributed by atoms with E-state index < -0.39 is 0 Å². The number of nitrogens with zero attached hydrogens (tertiary/aromatic N) is 1. The van der Waals surface area contributed by atoms with Crippen LogP contribution in [0, 0.1) is 0 Å². The quantitative estimate of drug-likeness (QED) is 0.571. The zero-order chi connectivity index (χ0) is 12.5. The Morgan fingerprint density at radius 2 is 1.88 bits per heavy atom. The Labute approximate surface area is 103 Å². The van der Waals surface area contributed by atoms with Crippen LogP contribution in [-0.2, 0) is 15.7 Å². The molecule has 2 rings (SSSR count). The summed E-state index contributed by atoms with van der Waals surface area (Å²) in [4.78, 5) is 14.4. The molecule has 0 amide bonds. The normalized spacial score (nSPS) is 17.4. The lowest BCUT2D eigenvalue weighted by molar-refractivity contribution is 0.505. The number of hydrogen-bond donors (Lipinski definition) is 0. The molecule has 0 radical (unpaired) electrons. The summed E-state index contributed by atoms with van der Waals surface area (Å²) < 4.78 is 0. The van der Waals surface area contributed by atoms with E-state index in [-0.39, 0.29) is 11.0 Å². The van der Waals surface area contributed by atoms with Crippen molar-refractivity contribution in [2.75, 3.05) is 0 Å². The average molecular weight is 229 g/mol. The lowest BCUT2D eigenvalue weighted by Crippen LogP contribution is -2.15. The highest BCUT2D eigenvalue weighted by molar-refractivity contribution is 5.42. The number of aliphatic imine (C=N–C) groups is 1. The Kier molecular flexibility index (Phi) is 2.92. The summed E-state index contributed by atoms with van der Waals surface area (Å²) in [6, 6.07) is 8.56. The molecule has 0 saturated heterocycles. The van der Waals surface area contributed by atoms with E-state index in [1.807, 2.05) is 0 Å². The zero-order valence-corrected chi connectivity index (χ0v) is 10.8. The lowest BCUT2D eigenvalue weighted by Gasteiger charge is -2.23. The summed E-state index contributed by atoms with van der Waals surface area (Å²) in [5.74, 6) is 0. The van der Waals surface area contributed by atoms with Gasteiger partial charge in [-0.15, -0.1) is 0 Å². The Morgan fingerprint density at radius 1 is 1.29 bits per heavy atom. The molecule has 1 aromatic rings. The van der Waals surface area contributed by atoms with Crippen LogP contribution in [0.25, 0.3) is 0 Å². The van der Waals surface area contributed by atoms with Crippen LogP contribution in [0.3, 0.4) is 0 Å². The van der Waals surface area contributed by atoms with Gasteiger partial charge in [-0.25, -0.2) is 4.79 Å². The lowest BCUT2D eigenvalue weighted by atomic mass is 9.81. The Hall–Kier alpha value is -1.40. The van der Waals surface area contributed by atoms with Gasteiger partial charge in [0.2, 0.25) is 6.08 Å². The molecule has 1 aliphatic carbocycles. The fraction of sp³-hybridized carbons (Fsp3) is 0.533. The van der Waals surface area contributed by atoms with Gasteiger partial charge in [0.05, 0.1) is 5.54 Å². The van der Waals surface area contributed by atoms with Gasteiger partial charge in [-0.05, 0) is 35.8 Å². The van der Waals surface area contributed by atoms with Crippen molar-refractivity contribution < 1.29 is 4.79 Å². The third-order valence-corrected chi connectivity index (χ3v) is 4.07. The van der Waals surface area contributed by atoms with Crippen LogP contribution in [0.5, 0.6) is 0 Å². The second-order valence-electron chi connectivity index (χ2n) is 5.55. The summed E-state index contributed by atoms with van der Waals surface area (Å²) in [5.41, 5.74) is 2.46. The topological polar surface area (TPSA) is 29.4 Å². The molecule has 17 heavy (non-hydrogen) atoms. The van der Waals surface area contributed by atoms with Gasteiger partial charge < -0.3 is 0 Å². The highest BCUT2D eigenvalue weighted by atomic mass is 16.1. The minimum Gasteiger partial charge on any atom is -0.211 e. The molecule has 0 N–H and O–H groups in total. The third kappa shape index (κ3) is 2.18. The molecule has 1 aromatic carbocycles. The van der Waals surface area contributed by atoms with Gasteiger partial charge in [-0.3, -0.25) is 0 Å². The molecule has 1 aliphatic rings. The summed E-state index contributed by atoms with van der Waals surface area (Å²) >= 11 is 0. The first kappa shape index (κ1) is 12.1. The van der Waals surface area contributed by atoms with Crippen molar-refractivity contribution in [3.8, 4) is 0 Å². The molecule has 90 valence electrons. The van der Waals surface area contributed by atoms with E-state index in [1.54, 1.807) is 6.08 Å². The van der Waals surface area contributed by atoms with Gasteiger partial charge in [0, 0.05) is 0 Å². The van der Waals surface area contributed by atoms with E-state index in [0.717, 1.165) is 24.8 Å². The maximum absolute atomic E-state index is 10.4. The summed E-state index contributed by atoms with van der Waals surface area (Å²) in [6.07, 6.45) is 4.76. The second kappa shape index (κ2) is 4.12. The molecule has 0 aliphatic heterocycles. The number of carbonyl (C=O) groups excluding carboxylic acids is 1. The summed E-state index contributed by atoms with van der Waals surface area (Å²) in [5, 5.41) is 0. The molecule has 0 aromatic heterocycles. The third-order valence-electron chi connectivity index (χ3n) is 4.07. The second-order valence-corrected chi connectivity index (χ2v) is 5.55. The number of rotatable bonds is 4. The molecule has 0 heterocycles. The van der Waals surface area contributed by atoms with Crippen molar-refractivity contribution in [2.24, 2.45) is 4.99 Å². The Morgan fingerprint density at radius 3 is 2.29 bits per heavy atom. The van der Waals surface area contributed by atoms with Crippen molar-refractivity contribution in [1.29, 1.82) is 0 Å². The van der Waals surface area contributed by atoms with E-state index in [4.69, 9.17) is 0 Å². The fourth-order valence-corrected chi connectivity index (χ4v) is 2.11. The van der Waals surface area contributed by atoms with Crippen molar-refractivity contribution >= 4 is 6.08 Å². The minimum atomic E-state index is -0.239. The molecule has 0 atom stereocenters. The maximum Gasteiger partial charge on any atom is 0.235 e. The predicted octanol–water partition coefficient (Wildman–Crippen LogP) is 3.70. The van der Waals surface area contributed by atoms with Crippen LogP contribution in [-0.4, -0.2) is 6.08 Å². The molecule has 1 saturated carbocycles. The minimum absolute atomic E-state index is 0.211. The zero-order valence-electron chi connectivity index (χ0n) is 10.8. The van der Waals surface area contributed by atoms with Crippen LogP contribution in [0.2, 0.25) is 0 Å². The van der Waals surface area contributed by atoms with E-state index in [0.29, 0.717) is 0 Å². The standard InChI is InChI=1S/C15H19NO/c1-4-14(2,3)12-5-7-13(8-6-12)15(9-10-15)16-11-17/h5-8H,4,9-10H2,1-3H3. The van der Waals surface area contributed by atoms with Crippen LogP contribution < -0.4 is 0 Å². The van der Waals surface area contributed by atoms with Gasteiger partial charge in [0.25, 0.3) is 0 Å². The van der Waals surface area contributed by atoms with Gasteiger partial charge >= 0.3 is 0 Å². The first-order chi connectivity index (χ1) is 8.04. The van der Waals surface area contributed by atoms with E-state index in [9.17, 15) is 4.79 Å². The number of benzene rings is 1. The Bertz CT molecular complexity index is 448. The predicted molar refractivity (Wildman–Crippen MR) is 68.8 cm³/mol. The monoisotopic (exact) mass is 229 g/mol. The summed E-state index contributed by atoms with van der Waals surface area (Å²) in [7, 11) is 0. The van der Waals surface area contributed by atoms with Crippen molar-refractivity contribution in [2.45, 2.75) is 51.0 Å². The van der Waals surface area contributed by atoms with Crippen molar-refractivity contribution in [3.05, 3.63) is 35.4 Å².